The number of rotatable bonds is 8. The second kappa shape index (κ2) is 13.1. The number of aliphatic carboxylic acids is 2. The number of hydrogen-bond donors (Lipinski definition) is 2. The smallest absolute Gasteiger partial charge is 0.303 e. The van der Waals surface area contributed by atoms with Gasteiger partial charge in [-0.1, -0.05) is 0 Å². The van der Waals surface area contributed by atoms with Crippen LogP contribution >= 0.6 is 0 Å². The topological polar surface area (TPSA) is 147 Å². The van der Waals surface area contributed by atoms with Crippen LogP contribution in [-0.2, 0) is 9.59 Å². The molecule has 2 radical (unpaired) electrons. The first kappa shape index (κ1) is 27.6. The molecular weight excluding hydrogens is 342 g/mol. The molecule has 2 N–H and O–H groups in total. The summed E-state index contributed by atoms with van der Waals surface area (Å²) in [4.78, 5) is 21.0. The van der Waals surface area contributed by atoms with Crippen LogP contribution in [-0.4, -0.2) is 136 Å². The van der Waals surface area contributed by atoms with Crippen molar-refractivity contribution < 1.29 is 19.8 Å². The van der Waals surface area contributed by atoms with Crippen LogP contribution in [0.1, 0.15) is 39.5 Å². The van der Waals surface area contributed by atoms with Crippen LogP contribution in [0.4, 0.5) is 0 Å². The monoisotopic (exact) mass is 358 g/mol. The fourth-order valence-corrected chi connectivity index (χ4v) is 1.18. The van der Waals surface area contributed by atoms with Crippen molar-refractivity contribution in [3.8, 4) is 12.1 Å². The Morgan fingerprint density at radius 1 is 0.909 bits per heavy atom. The second-order valence-corrected chi connectivity index (χ2v) is 4.76. The van der Waals surface area contributed by atoms with Gasteiger partial charge in [-0.05, 0) is 26.7 Å². The largest absolute Gasteiger partial charge is 0.481 e. The zero-order chi connectivity index (χ0) is 15.8. The van der Waals surface area contributed by atoms with Gasteiger partial charge in [0.2, 0.25) is 0 Å². The molecule has 10 heteroatoms. The Balaban J connectivity index is -0.00000180. The molecule has 0 aromatic heterocycles. The maximum absolute atomic E-state index is 10.5. The van der Waals surface area contributed by atoms with Crippen LogP contribution in [0.5, 0.6) is 0 Å². The van der Waals surface area contributed by atoms with Crippen LogP contribution in [0.3, 0.4) is 0 Å². The summed E-state index contributed by atoms with van der Waals surface area (Å²) in [6.07, 6.45) is -0.575. The molecule has 0 amide bonds. The van der Waals surface area contributed by atoms with Gasteiger partial charge in [-0.2, -0.15) is 20.8 Å². The Bertz CT molecular complexity index is 456. The van der Waals surface area contributed by atoms with Gasteiger partial charge in [0.25, 0.3) is 0 Å². The Morgan fingerprint density at radius 3 is 1.36 bits per heavy atom. The standard InChI is InChI=1S/C12H16N4O4.2K/c1-11(7-13,5-3-9(17)18)15-16-12(2,8-14)6-4-10(19)20;;/h3-6H2,1-2H3,(H,17,18)(H,19,20);;. The number of carbonyl (C=O) groups is 2. The van der Waals surface area contributed by atoms with E-state index < -0.39 is 23.0 Å². The van der Waals surface area contributed by atoms with Crippen LogP contribution in [0.15, 0.2) is 10.2 Å². The Morgan fingerprint density at radius 2 is 1.18 bits per heavy atom. The first-order chi connectivity index (χ1) is 9.16. The summed E-state index contributed by atoms with van der Waals surface area (Å²) in [6.45, 7) is 2.82. The van der Waals surface area contributed by atoms with E-state index in [1.807, 2.05) is 12.1 Å². The van der Waals surface area contributed by atoms with Crippen molar-refractivity contribution in [2.75, 3.05) is 0 Å². The first-order valence-electron chi connectivity index (χ1n) is 5.86. The molecule has 0 aliphatic carbocycles. The van der Waals surface area contributed by atoms with Crippen LogP contribution in [0, 0.1) is 22.7 Å². The van der Waals surface area contributed by atoms with Gasteiger partial charge in [-0.25, -0.2) is 0 Å². The summed E-state index contributed by atoms with van der Waals surface area (Å²) in [6, 6.07) is 3.69. The molecule has 0 aliphatic heterocycles. The van der Waals surface area contributed by atoms with Crippen molar-refractivity contribution in [1.82, 2.24) is 0 Å². The van der Waals surface area contributed by atoms with Gasteiger partial charge in [0.05, 0.1) is 12.1 Å². The van der Waals surface area contributed by atoms with E-state index in [0.29, 0.717) is 0 Å². The third-order valence-corrected chi connectivity index (χ3v) is 2.62. The van der Waals surface area contributed by atoms with E-state index in [9.17, 15) is 9.59 Å². The van der Waals surface area contributed by atoms with Gasteiger partial charge in [0, 0.05) is 116 Å². The van der Waals surface area contributed by atoms with E-state index in [-0.39, 0.29) is 128 Å². The number of carboxylic acid groups (broad SMARTS) is 2. The second-order valence-electron chi connectivity index (χ2n) is 4.76. The minimum atomic E-state index is -1.35. The fraction of sp³-hybridized carbons (Fsp3) is 0.667. The van der Waals surface area contributed by atoms with Gasteiger partial charge in [0.1, 0.15) is 0 Å². The molecular formula is C12H16K2N4O4. The average molecular weight is 358 g/mol. The molecule has 0 bridgehead atoms. The van der Waals surface area contributed by atoms with E-state index in [2.05, 4.69) is 10.2 Å². The normalized spacial score (nSPS) is 15.1. The van der Waals surface area contributed by atoms with Gasteiger partial charge in [-0.3, -0.25) is 9.59 Å². The number of azo groups is 1. The summed E-state index contributed by atoms with van der Waals surface area (Å²) < 4.78 is 0. The van der Waals surface area contributed by atoms with E-state index in [0.717, 1.165) is 0 Å². The summed E-state index contributed by atoms with van der Waals surface area (Å²) in [5.41, 5.74) is -2.69. The molecule has 2 unspecified atom stereocenters. The number of carboxylic acids is 2. The van der Waals surface area contributed by atoms with Crippen LogP contribution in [0.25, 0.3) is 0 Å². The molecule has 0 aromatic carbocycles. The molecule has 0 saturated carbocycles. The van der Waals surface area contributed by atoms with Gasteiger partial charge < -0.3 is 10.2 Å². The fourth-order valence-electron chi connectivity index (χ4n) is 1.18. The zero-order valence-electron chi connectivity index (χ0n) is 13.3. The molecule has 0 saturated heterocycles. The molecule has 0 aromatic rings. The molecule has 0 spiro atoms. The SMILES string of the molecule is CC(C#N)(CCC(=O)O)N=NC(C)(C#N)CCC(=O)O.[K].[K]. The van der Waals surface area contributed by atoms with Crippen molar-refractivity contribution in [2.24, 2.45) is 10.2 Å². The predicted octanol–water partition coefficient (Wildman–Crippen LogP) is 0.971. The maximum Gasteiger partial charge on any atom is 0.303 e. The third-order valence-electron chi connectivity index (χ3n) is 2.62. The van der Waals surface area contributed by atoms with E-state index in [4.69, 9.17) is 20.7 Å². The molecule has 110 valence electrons. The van der Waals surface area contributed by atoms with Crippen LogP contribution < -0.4 is 0 Å². The minimum Gasteiger partial charge on any atom is -0.481 e. The molecule has 0 heterocycles. The third kappa shape index (κ3) is 12.2. The van der Waals surface area contributed by atoms with Crippen molar-refractivity contribution in [3.05, 3.63) is 0 Å². The predicted molar refractivity (Wildman–Crippen MR) is 78.1 cm³/mol. The molecule has 0 fully saturated rings. The summed E-state index contributed by atoms with van der Waals surface area (Å²) in [5.74, 6) is -2.12. The molecule has 2 atom stereocenters. The van der Waals surface area contributed by atoms with Gasteiger partial charge in [-0.15, -0.1) is 0 Å². The summed E-state index contributed by atoms with van der Waals surface area (Å²) in [5, 5.41) is 42.7. The maximum atomic E-state index is 10.5. The summed E-state index contributed by atoms with van der Waals surface area (Å²) in [7, 11) is 0. The Kier molecular flexibility index (Phi) is 16.5. The minimum absolute atomic E-state index is 0. The number of hydrogen-bond acceptors (Lipinski definition) is 6. The summed E-state index contributed by atoms with van der Waals surface area (Å²) >= 11 is 0. The van der Waals surface area contributed by atoms with Crippen molar-refractivity contribution in [1.29, 1.82) is 10.5 Å². The zero-order valence-corrected chi connectivity index (χ0v) is 19.6. The number of nitrogens with zero attached hydrogens (tertiary/aromatic N) is 4. The van der Waals surface area contributed by atoms with E-state index >= 15 is 0 Å². The van der Waals surface area contributed by atoms with Crippen molar-refractivity contribution >= 4 is 115 Å². The van der Waals surface area contributed by atoms with Gasteiger partial charge >= 0.3 is 11.9 Å². The van der Waals surface area contributed by atoms with Crippen molar-refractivity contribution in [3.63, 3.8) is 0 Å². The Labute approximate surface area is 214 Å². The van der Waals surface area contributed by atoms with Gasteiger partial charge in [0.15, 0.2) is 11.1 Å². The van der Waals surface area contributed by atoms with E-state index in [1.54, 1.807) is 0 Å². The molecule has 0 rings (SSSR count). The molecule has 0 aliphatic rings. The molecule has 8 nitrogen and oxygen atoms in total. The average Bonchev–Trinajstić information content (AvgIpc) is 2.41. The Hall–Kier alpha value is 0.793. The van der Waals surface area contributed by atoms with E-state index in [1.165, 1.54) is 13.8 Å². The first-order valence-corrected chi connectivity index (χ1v) is 5.86. The van der Waals surface area contributed by atoms with Crippen molar-refractivity contribution in [2.45, 2.75) is 50.6 Å². The van der Waals surface area contributed by atoms with Crippen LogP contribution in [0.2, 0.25) is 0 Å². The molecule has 22 heavy (non-hydrogen) atoms. The number of nitriles is 2. The quantitative estimate of drug-likeness (QED) is 0.488.